The van der Waals surface area contributed by atoms with Gasteiger partial charge in [0.15, 0.2) is 0 Å². The van der Waals surface area contributed by atoms with Gasteiger partial charge in [-0.2, -0.15) is 0 Å². The Morgan fingerprint density at radius 3 is 2.28 bits per heavy atom. The summed E-state index contributed by atoms with van der Waals surface area (Å²) < 4.78 is 6.02. The van der Waals surface area contributed by atoms with E-state index in [4.69, 9.17) is 4.74 Å². The molecule has 0 unspecified atom stereocenters. The fraction of sp³-hybridized carbons (Fsp3) is 0.346. The van der Waals surface area contributed by atoms with Crippen LogP contribution in [0.25, 0.3) is 10.8 Å². The third-order valence-corrected chi connectivity index (χ3v) is 5.92. The number of carbonyl (C=O) groups excluding carboxylic acids is 1. The second-order valence-electron chi connectivity index (χ2n) is 8.47. The van der Waals surface area contributed by atoms with Gasteiger partial charge in [-0.25, -0.2) is 0 Å². The molecule has 1 N–H and O–H groups in total. The van der Waals surface area contributed by atoms with Crippen LogP contribution in [-0.2, 0) is 10.2 Å². The molecule has 150 valence electrons. The third kappa shape index (κ3) is 3.87. The summed E-state index contributed by atoms with van der Waals surface area (Å²) >= 11 is 0. The van der Waals surface area contributed by atoms with Gasteiger partial charge in [-0.3, -0.25) is 4.79 Å². The quantitative estimate of drug-likeness (QED) is 0.537. The van der Waals surface area contributed by atoms with E-state index in [0.29, 0.717) is 12.5 Å². The highest BCUT2D eigenvalue weighted by molar-refractivity contribution is 6.07. The Hall–Kier alpha value is -2.81. The van der Waals surface area contributed by atoms with Gasteiger partial charge in [0.05, 0.1) is 12.0 Å². The first-order valence-corrected chi connectivity index (χ1v) is 10.6. The van der Waals surface area contributed by atoms with Crippen LogP contribution in [0.1, 0.15) is 45.1 Å². The van der Waals surface area contributed by atoms with E-state index in [-0.39, 0.29) is 5.91 Å². The summed E-state index contributed by atoms with van der Waals surface area (Å²) in [5.41, 5.74) is 1.54. The largest absolute Gasteiger partial charge is 0.493 e. The SMILES string of the molecule is CC(C)COc1ccc(NC(=O)C2(c3ccccc3)CCCC2)c2ccccc12. The summed E-state index contributed by atoms with van der Waals surface area (Å²) in [7, 11) is 0. The van der Waals surface area contributed by atoms with Gasteiger partial charge >= 0.3 is 0 Å². The molecule has 1 fully saturated rings. The van der Waals surface area contributed by atoms with Crippen molar-refractivity contribution in [2.45, 2.75) is 44.9 Å². The normalized spacial score (nSPS) is 15.6. The smallest absolute Gasteiger partial charge is 0.235 e. The van der Waals surface area contributed by atoms with E-state index >= 15 is 0 Å². The topological polar surface area (TPSA) is 38.3 Å². The van der Waals surface area contributed by atoms with Crippen LogP contribution in [0.15, 0.2) is 66.7 Å². The van der Waals surface area contributed by atoms with E-state index in [1.165, 1.54) is 0 Å². The molecule has 29 heavy (non-hydrogen) atoms. The van der Waals surface area contributed by atoms with Crippen LogP contribution >= 0.6 is 0 Å². The zero-order chi connectivity index (χ0) is 20.3. The molecule has 1 aliphatic rings. The molecule has 4 rings (SSSR count). The van der Waals surface area contributed by atoms with Crippen molar-refractivity contribution in [3.05, 3.63) is 72.3 Å². The van der Waals surface area contributed by atoms with E-state index in [1.807, 2.05) is 42.5 Å². The highest BCUT2D eigenvalue weighted by Crippen LogP contribution is 2.42. The van der Waals surface area contributed by atoms with Gasteiger partial charge in [0.25, 0.3) is 0 Å². The average molecular weight is 388 g/mol. The molecule has 0 aliphatic heterocycles. The van der Waals surface area contributed by atoms with Crippen molar-refractivity contribution in [3.63, 3.8) is 0 Å². The number of anilines is 1. The molecular weight excluding hydrogens is 358 g/mol. The lowest BCUT2D eigenvalue weighted by Gasteiger charge is -2.28. The molecule has 3 heteroatoms. The lowest BCUT2D eigenvalue weighted by Crippen LogP contribution is -2.38. The standard InChI is InChI=1S/C26H29NO2/c1-19(2)18-29-24-15-14-23(21-12-6-7-13-22(21)24)27-25(28)26(16-8-9-17-26)20-10-4-3-5-11-20/h3-7,10-15,19H,8-9,16-18H2,1-2H3,(H,27,28). The molecule has 0 radical (unpaired) electrons. The molecule has 0 bridgehead atoms. The minimum atomic E-state index is -0.435. The molecule has 1 aliphatic carbocycles. The second kappa shape index (κ2) is 8.28. The molecule has 3 aromatic rings. The predicted molar refractivity (Wildman–Crippen MR) is 119 cm³/mol. The summed E-state index contributed by atoms with van der Waals surface area (Å²) in [5.74, 6) is 1.43. The summed E-state index contributed by atoms with van der Waals surface area (Å²) in [6.45, 7) is 4.95. The van der Waals surface area contributed by atoms with Gasteiger partial charge < -0.3 is 10.1 Å². The molecule has 0 heterocycles. The van der Waals surface area contributed by atoms with Gasteiger partial charge in [0, 0.05) is 16.5 Å². The molecule has 1 amide bonds. The van der Waals surface area contributed by atoms with Crippen LogP contribution in [0.5, 0.6) is 5.75 Å². The number of benzene rings is 3. The zero-order valence-electron chi connectivity index (χ0n) is 17.3. The fourth-order valence-electron chi connectivity index (χ4n) is 4.39. The summed E-state index contributed by atoms with van der Waals surface area (Å²) in [6, 6.07) is 22.3. The van der Waals surface area contributed by atoms with Gasteiger partial charge in [-0.05, 0) is 36.5 Å². The molecule has 0 atom stereocenters. The Morgan fingerprint density at radius 1 is 0.931 bits per heavy atom. The van der Waals surface area contributed by atoms with Crippen molar-refractivity contribution in [1.29, 1.82) is 0 Å². The Balaban J connectivity index is 1.67. The van der Waals surface area contributed by atoms with Gasteiger partial charge in [0.1, 0.15) is 5.75 Å². The lowest BCUT2D eigenvalue weighted by molar-refractivity contribution is -0.121. The number of fused-ring (bicyclic) bond motifs is 1. The maximum atomic E-state index is 13.5. The number of rotatable bonds is 6. The Bertz CT molecular complexity index is 988. The Labute approximate surface area is 173 Å². The first-order chi connectivity index (χ1) is 14.1. The minimum absolute atomic E-state index is 0.0993. The number of nitrogens with one attached hydrogen (secondary N) is 1. The zero-order valence-corrected chi connectivity index (χ0v) is 17.3. The van der Waals surface area contributed by atoms with Crippen molar-refractivity contribution < 1.29 is 9.53 Å². The molecule has 1 saturated carbocycles. The highest BCUT2D eigenvalue weighted by Gasteiger charge is 2.42. The van der Waals surface area contributed by atoms with Gasteiger partial charge in [0.2, 0.25) is 5.91 Å². The first-order valence-electron chi connectivity index (χ1n) is 10.6. The Kier molecular flexibility index (Phi) is 5.57. The van der Waals surface area contributed by atoms with Crippen LogP contribution < -0.4 is 10.1 Å². The Morgan fingerprint density at radius 2 is 1.59 bits per heavy atom. The van der Waals surface area contributed by atoms with Crippen molar-refractivity contribution >= 4 is 22.4 Å². The third-order valence-electron chi connectivity index (χ3n) is 5.92. The van der Waals surface area contributed by atoms with E-state index in [0.717, 1.165) is 53.5 Å². The second-order valence-corrected chi connectivity index (χ2v) is 8.47. The van der Waals surface area contributed by atoms with E-state index in [1.54, 1.807) is 0 Å². The van der Waals surface area contributed by atoms with E-state index in [2.05, 4.69) is 43.4 Å². The van der Waals surface area contributed by atoms with Gasteiger partial charge in [-0.15, -0.1) is 0 Å². The van der Waals surface area contributed by atoms with Crippen LogP contribution in [0.2, 0.25) is 0 Å². The summed E-state index contributed by atoms with van der Waals surface area (Å²) in [6.07, 6.45) is 3.98. The van der Waals surface area contributed by atoms with E-state index in [9.17, 15) is 4.79 Å². The first kappa shape index (κ1) is 19.5. The molecule has 0 aromatic heterocycles. The number of hydrogen-bond acceptors (Lipinski definition) is 2. The molecule has 0 saturated heterocycles. The minimum Gasteiger partial charge on any atom is -0.493 e. The van der Waals surface area contributed by atoms with Crippen molar-refractivity contribution in [3.8, 4) is 5.75 Å². The van der Waals surface area contributed by atoms with Gasteiger partial charge in [-0.1, -0.05) is 81.3 Å². The number of hydrogen-bond donors (Lipinski definition) is 1. The molecule has 0 spiro atoms. The van der Waals surface area contributed by atoms with Crippen LogP contribution in [0, 0.1) is 5.92 Å². The van der Waals surface area contributed by atoms with Crippen molar-refractivity contribution in [2.24, 2.45) is 5.92 Å². The predicted octanol–water partition coefficient (Wildman–Crippen LogP) is 6.33. The number of carbonyl (C=O) groups is 1. The van der Waals surface area contributed by atoms with E-state index < -0.39 is 5.41 Å². The summed E-state index contributed by atoms with van der Waals surface area (Å²) in [5, 5.41) is 5.31. The highest BCUT2D eigenvalue weighted by atomic mass is 16.5. The average Bonchev–Trinajstić information content (AvgIpc) is 3.25. The lowest BCUT2D eigenvalue weighted by atomic mass is 9.78. The molecule has 3 aromatic carbocycles. The summed E-state index contributed by atoms with van der Waals surface area (Å²) in [4.78, 5) is 13.5. The van der Waals surface area contributed by atoms with Crippen molar-refractivity contribution in [2.75, 3.05) is 11.9 Å². The monoisotopic (exact) mass is 387 g/mol. The fourth-order valence-corrected chi connectivity index (χ4v) is 4.39. The van der Waals surface area contributed by atoms with Crippen LogP contribution in [0.3, 0.4) is 0 Å². The van der Waals surface area contributed by atoms with Crippen LogP contribution in [0.4, 0.5) is 5.69 Å². The number of ether oxygens (including phenoxy) is 1. The molecule has 3 nitrogen and oxygen atoms in total. The van der Waals surface area contributed by atoms with Crippen molar-refractivity contribution in [1.82, 2.24) is 0 Å². The maximum absolute atomic E-state index is 13.5. The maximum Gasteiger partial charge on any atom is 0.235 e. The molecular formula is C26H29NO2. The van der Waals surface area contributed by atoms with Crippen LogP contribution in [-0.4, -0.2) is 12.5 Å². The number of amides is 1.